The van der Waals surface area contributed by atoms with Crippen molar-refractivity contribution in [1.29, 1.82) is 0 Å². The minimum atomic E-state index is -0.804. The molecule has 0 saturated carbocycles. The maximum atomic E-state index is 14.5. The van der Waals surface area contributed by atoms with Crippen LogP contribution in [0.1, 0.15) is 12.0 Å². The van der Waals surface area contributed by atoms with Gasteiger partial charge in [0.2, 0.25) is 0 Å². The minimum absolute atomic E-state index is 0.208. The van der Waals surface area contributed by atoms with Gasteiger partial charge < -0.3 is 0 Å². The van der Waals surface area contributed by atoms with Crippen LogP contribution in [0.4, 0.5) is 10.1 Å². The topological polar surface area (TPSA) is 45.1 Å². The number of hydrogen-bond acceptors (Lipinski definition) is 4. The van der Waals surface area contributed by atoms with Crippen LogP contribution in [-0.4, -0.2) is 37.4 Å². The Bertz CT molecular complexity index is 919. The Morgan fingerprint density at radius 3 is 2.75 bits per heavy atom. The van der Waals surface area contributed by atoms with Crippen molar-refractivity contribution < 1.29 is 14.0 Å². The van der Waals surface area contributed by atoms with Gasteiger partial charge in [-0.2, -0.15) is 5.10 Å². The molecule has 3 rings (SSSR count). The minimum Gasteiger partial charge on any atom is -0.274 e. The van der Waals surface area contributed by atoms with Crippen LogP contribution < -0.4 is 5.01 Å². The molecule has 0 aliphatic carbocycles. The van der Waals surface area contributed by atoms with E-state index in [1.165, 1.54) is 37.4 Å². The van der Waals surface area contributed by atoms with E-state index in [9.17, 15) is 9.18 Å². The third-order valence-electron chi connectivity index (χ3n) is 4.86. The van der Waals surface area contributed by atoms with Crippen molar-refractivity contribution in [2.75, 3.05) is 25.7 Å². The summed E-state index contributed by atoms with van der Waals surface area (Å²) < 4.78 is 14.5. The van der Waals surface area contributed by atoms with Gasteiger partial charge in [-0.1, -0.05) is 48.0 Å². The summed E-state index contributed by atoms with van der Waals surface area (Å²) in [5, 5.41) is 7.48. The number of amides is 1. The van der Waals surface area contributed by atoms with Crippen molar-refractivity contribution >= 4 is 28.9 Å². The van der Waals surface area contributed by atoms with Crippen LogP contribution in [0.25, 0.3) is 0 Å². The van der Waals surface area contributed by atoms with Crippen molar-refractivity contribution in [3.8, 4) is 0 Å². The normalized spacial score (nSPS) is 18.7. The van der Waals surface area contributed by atoms with Gasteiger partial charge in [0, 0.05) is 12.1 Å². The first kappa shape index (κ1) is 20.0. The molecule has 1 amide bonds. The summed E-state index contributed by atoms with van der Waals surface area (Å²) in [6.07, 6.45) is 2.18. The number of nitrogens with zero attached hydrogens (tertiary/aromatic N) is 3. The standard InChI is InChI=1S/C21H21ClFN3O2/c1-4-12-21(15-8-6-5-7-9-15)14-26(18-13-16(22)10-11-17(18)23)24-19(21)20(27)25(2)28-3/h4-11,13H,1,12,14H2,2-3H3. The quantitative estimate of drug-likeness (QED) is 0.538. The van der Waals surface area contributed by atoms with E-state index in [1.54, 1.807) is 6.08 Å². The molecule has 1 aliphatic heterocycles. The lowest BCUT2D eigenvalue weighted by Gasteiger charge is -2.31. The molecule has 28 heavy (non-hydrogen) atoms. The van der Waals surface area contributed by atoms with Crippen LogP contribution in [0, 0.1) is 5.82 Å². The highest BCUT2D eigenvalue weighted by molar-refractivity contribution is 6.43. The van der Waals surface area contributed by atoms with Crippen LogP contribution >= 0.6 is 11.6 Å². The Hall–Kier alpha value is -2.70. The third-order valence-corrected chi connectivity index (χ3v) is 5.10. The molecule has 0 bridgehead atoms. The van der Waals surface area contributed by atoms with E-state index in [4.69, 9.17) is 16.4 Å². The van der Waals surface area contributed by atoms with Gasteiger partial charge in [-0.3, -0.25) is 14.6 Å². The van der Waals surface area contributed by atoms with E-state index in [2.05, 4.69) is 11.7 Å². The maximum absolute atomic E-state index is 14.5. The van der Waals surface area contributed by atoms with Crippen LogP contribution in [-0.2, 0) is 15.0 Å². The summed E-state index contributed by atoms with van der Waals surface area (Å²) in [7, 11) is 2.91. The number of hydroxylamine groups is 2. The molecule has 0 saturated heterocycles. The van der Waals surface area contributed by atoms with Gasteiger partial charge >= 0.3 is 0 Å². The van der Waals surface area contributed by atoms with Gasteiger partial charge in [0.1, 0.15) is 11.5 Å². The van der Waals surface area contributed by atoms with E-state index >= 15 is 0 Å². The number of allylic oxidation sites excluding steroid dienone is 1. The Labute approximate surface area is 168 Å². The lowest BCUT2D eigenvalue weighted by Crippen LogP contribution is -2.46. The highest BCUT2D eigenvalue weighted by Gasteiger charge is 2.48. The Kier molecular flexibility index (Phi) is 5.82. The Balaban J connectivity index is 2.17. The first-order chi connectivity index (χ1) is 13.4. The summed E-state index contributed by atoms with van der Waals surface area (Å²) in [4.78, 5) is 18.1. The zero-order valence-electron chi connectivity index (χ0n) is 15.7. The molecule has 146 valence electrons. The van der Waals surface area contributed by atoms with E-state index in [1.807, 2.05) is 30.3 Å². The van der Waals surface area contributed by atoms with Gasteiger partial charge in [-0.25, -0.2) is 9.45 Å². The smallest absolute Gasteiger partial charge is 0.274 e. The molecule has 1 heterocycles. The summed E-state index contributed by atoms with van der Waals surface area (Å²) in [6.45, 7) is 4.12. The zero-order valence-corrected chi connectivity index (χ0v) is 16.5. The number of halogens is 2. The molecule has 2 aromatic carbocycles. The molecule has 0 N–H and O–H groups in total. The fourth-order valence-electron chi connectivity index (χ4n) is 3.40. The Morgan fingerprint density at radius 2 is 2.11 bits per heavy atom. The molecule has 1 unspecified atom stereocenters. The molecule has 5 nitrogen and oxygen atoms in total. The molecule has 2 aromatic rings. The van der Waals surface area contributed by atoms with Gasteiger partial charge in [-0.05, 0) is 30.2 Å². The SMILES string of the molecule is C=CCC1(c2ccccc2)CN(c2cc(Cl)ccc2F)N=C1C(=O)N(C)OC. The summed E-state index contributed by atoms with van der Waals surface area (Å²) in [6, 6.07) is 13.8. The van der Waals surface area contributed by atoms with E-state index in [0.717, 1.165) is 10.6 Å². The largest absolute Gasteiger partial charge is 0.294 e. The fourth-order valence-corrected chi connectivity index (χ4v) is 3.56. The molecule has 0 fully saturated rings. The van der Waals surface area contributed by atoms with Crippen molar-refractivity contribution in [3.63, 3.8) is 0 Å². The lowest BCUT2D eigenvalue weighted by atomic mass is 9.73. The van der Waals surface area contributed by atoms with E-state index in [0.29, 0.717) is 11.4 Å². The maximum Gasteiger partial charge on any atom is 0.294 e. The molecule has 0 radical (unpaired) electrons. The van der Waals surface area contributed by atoms with Crippen LogP contribution in [0.2, 0.25) is 5.02 Å². The van der Waals surface area contributed by atoms with Crippen LogP contribution in [0.3, 0.4) is 0 Å². The summed E-state index contributed by atoms with van der Waals surface area (Å²) in [5.74, 6) is -0.874. The summed E-state index contributed by atoms with van der Waals surface area (Å²) in [5.41, 5.74) is 0.542. The molecule has 1 aliphatic rings. The van der Waals surface area contributed by atoms with Gasteiger partial charge in [0.05, 0.1) is 24.8 Å². The monoisotopic (exact) mass is 401 g/mol. The van der Waals surface area contributed by atoms with E-state index < -0.39 is 17.1 Å². The first-order valence-electron chi connectivity index (χ1n) is 8.73. The van der Waals surface area contributed by atoms with Crippen molar-refractivity contribution in [2.24, 2.45) is 5.10 Å². The van der Waals surface area contributed by atoms with Gasteiger partial charge in [0.15, 0.2) is 0 Å². The molecule has 1 atom stereocenters. The predicted octanol–water partition coefficient (Wildman–Crippen LogP) is 4.19. The zero-order chi connectivity index (χ0) is 20.3. The van der Waals surface area contributed by atoms with Crippen molar-refractivity contribution in [1.82, 2.24) is 5.06 Å². The number of rotatable bonds is 6. The average molecular weight is 402 g/mol. The lowest BCUT2D eigenvalue weighted by molar-refractivity contribution is -0.160. The molecular weight excluding hydrogens is 381 g/mol. The number of benzene rings is 2. The Morgan fingerprint density at radius 1 is 1.39 bits per heavy atom. The second-order valence-corrected chi connectivity index (χ2v) is 6.96. The number of hydrogen-bond donors (Lipinski definition) is 0. The highest BCUT2D eigenvalue weighted by Crippen LogP contribution is 2.39. The number of anilines is 1. The highest BCUT2D eigenvalue weighted by atomic mass is 35.5. The van der Waals surface area contributed by atoms with Gasteiger partial charge in [0.25, 0.3) is 5.91 Å². The van der Waals surface area contributed by atoms with Crippen LogP contribution in [0.15, 0.2) is 66.3 Å². The second-order valence-electron chi connectivity index (χ2n) is 6.53. The second kappa shape index (κ2) is 8.12. The molecule has 7 heteroatoms. The number of hydrazone groups is 1. The number of carbonyl (C=O) groups excluding carboxylic acids is 1. The fraction of sp³-hybridized carbons (Fsp3) is 0.238. The van der Waals surface area contributed by atoms with Crippen molar-refractivity contribution in [3.05, 3.63) is 77.6 Å². The van der Waals surface area contributed by atoms with Crippen molar-refractivity contribution in [2.45, 2.75) is 11.8 Å². The first-order valence-corrected chi connectivity index (χ1v) is 9.11. The van der Waals surface area contributed by atoms with Gasteiger partial charge in [-0.15, -0.1) is 6.58 Å². The predicted molar refractivity (Wildman–Crippen MR) is 109 cm³/mol. The molecule has 0 aromatic heterocycles. The van der Waals surface area contributed by atoms with E-state index in [-0.39, 0.29) is 17.9 Å². The summed E-state index contributed by atoms with van der Waals surface area (Å²) >= 11 is 6.06. The average Bonchev–Trinajstić information content (AvgIpc) is 3.10. The van der Waals surface area contributed by atoms with Crippen LogP contribution in [0.5, 0.6) is 0 Å². The molecular formula is C21H21ClFN3O2. The third kappa shape index (κ3) is 3.53. The molecule has 0 spiro atoms. The number of carbonyl (C=O) groups is 1.